The molecule has 3 rings (SSSR count). The van der Waals surface area contributed by atoms with Crippen molar-refractivity contribution in [3.05, 3.63) is 71.8 Å². The first-order chi connectivity index (χ1) is 13.1. The lowest BCUT2D eigenvalue weighted by Crippen LogP contribution is -2.41. The Morgan fingerprint density at radius 3 is 2.19 bits per heavy atom. The van der Waals surface area contributed by atoms with Gasteiger partial charge >= 0.3 is 0 Å². The van der Waals surface area contributed by atoms with Gasteiger partial charge in [-0.2, -0.15) is 0 Å². The van der Waals surface area contributed by atoms with Crippen LogP contribution < -0.4 is 5.32 Å². The molecule has 1 fully saturated rings. The minimum atomic E-state index is -0.266. The van der Waals surface area contributed by atoms with E-state index in [-0.39, 0.29) is 17.9 Å². The van der Waals surface area contributed by atoms with Gasteiger partial charge in [0.1, 0.15) is 0 Å². The second kappa shape index (κ2) is 9.36. The van der Waals surface area contributed by atoms with Crippen molar-refractivity contribution in [2.24, 2.45) is 5.92 Å². The number of piperidine rings is 1. The molecule has 0 unspecified atom stereocenters. The van der Waals surface area contributed by atoms with Crippen LogP contribution in [0.2, 0.25) is 0 Å². The highest BCUT2D eigenvalue weighted by Gasteiger charge is 2.25. The summed E-state index contributed by atoms with van der Waals surface area (Å²) in [5.74, 6) is 0.644. The van der Waals surface area contributed by atoms with Crippen LogP contribution in [0.25, 0.3) is 0 Å². The number of nitrogens with one attached hydrogen (secondary N) is 1. The Bertz CT molecular complexity index is 737. The molecule has 1 aliphatic rings. The Hall–Kier alpha value is -2.62. The average Bonchev–Trinajstić information content (AvgIpc) is 2.69. The Morgan fingerprint density at radius 2 is 1.59 bits per heavy atom. The highest BCUT2D eigenvalue weighted by molar-refractivity contribution is 5.79. The summed E-state index contributed by atoms with van der Waals surface area (Å²) >= 11 is 0. The van der Waals surface area contributed by atoms with E-state index in [0.29, 0.717) is 12.3 Å². The molecular weight excluding hydrogens is 336 g/mol. The number of carbonyl (C=O) groups is 2. The number of hydrogen-bond acceptors (Lipinski definition) is 2. The molecule has 0 aliphatic carbocycles. The molecule has 4 nitrogen and oxygen atoms in total. The molecule has 4 heteroatoms. The molecule has 1 saturated heterocycles. The molecule has 2 aromatic rings. The minimum absolute atomic E-state index is 0.113. The maximum absolute atomic E-state index is 12.8. The summed E-state index contributed by atoms with van der Waals surface area (Å²) in [4.78, 5) is 26.3. The number of amides is 2. The lowest BCUT2D eigenvalue weighted by atomic mass is 9.90. The lowest BCUT2D eigenvalue weighted by molar-refractivity contribution is -0.133. The molecular formula is C23H28N2O2. The second-order valence-corrected chi connectivity index (χ2v) is 7.38. The first kappa shape index (κ1) is 19.2. The van der Waals surface area contributed by atoms with Crippen molar-refractivity contribution < 1.29 is 9.59 Å². The van der Waals surface area contributed by atoms with Crippen LogP contribution in [-0.2, 0) is 16.0 Å². The molecule has 1 heterocycles. The van der Waals surface area contributed by atoms with Gasteiger partial charge in [0, 0.05) is 20.0 Å². The predicted molar refractivity (Wildman–Crippen MR) is 107 cm³/mol. The number of hydrogen-bond donors (Lipinski definition) is 1. The van der Waals surface area contributed by atoms with Crippen LogP contribution in [-0.4, -0.2) is 29.8 Å². The van der Waals surface area contributed by atoms with E-state index < -0.39 is 0 Å². The molecule has 1 aliphatic heterocycles. The SMILES string of the molecule is CC(=O)N[C@@H](CC(=O)N1CCC(Cc2ccccc2)CC1)c1ccccc1. The summed E-state index contributed by atoms with van der Waals surface area (Å²) in [6, 6.07) is 20.0. The van der Waals surface area contributed by atoms with E-state index in [1.165, 1.54) is 12.5 Å². The van der Waals surface area contributed by atoms with Crippen LogP contribution >= 0.6 is 0 Å². The van der Waals surface area contributed by atoms with Gasteiger partial charge in [-0.3, -0.25) is 9.59 Å². The smallest absolute Gasteiger partial charge is 0.224 e. The Kier molecular flexibility index (Phi) is 6.64. The average molecular weight is 364 g/mol. The van der Waals surface area contributed by atoms with Gasteiger partial charge < -0.3 is 10.2 Å². The fraction of sp³-hybridized carbons (Fsp3) is 0.391. The fourth-order valence-corrected chi connectivity index (χ4v) is 3.82. The summed E-state index contributed by atoms with van der Waals surface area (Å²) < 4.78 is 0. The van der Waals surface area contributed by atoms with Crippen molar-refractivity contribution in [2.45, 2.75) is 38.6 Å². The van der Waals surface area contributed by atoms with Crippen LogP contribution in [0.1, 0.15) is 43.4 Å². The zero-order valence-corrected chi connectivity index (χ0v) is 15.9. The van der Waals surface area contributed by atoms with Gasteiger partial charge in [0.05, 0.1) is 12.5 Å². The molecule has 0 aromatic heterocycles. The highest BCUT2D eigenvalue weighted by Crippen LogP contribution is 2.24. The molecule has 0 spiro atoms. The van der Waals surface area contributed by atoms with E-state index in [2.05, 4.69) is 29.6 Å². The highest BCUT2D eigenvalue weighted by atomic mass is 16.2. The number of carbonyl (C=O) groups excluding carboxylic acids is 2. The minimum Gasteiger partial charge on any atom is -0.349 e. The van der Waals surface area contributed by atoms with Crippen LogP contribution in [0, 0.1) is 5.92 Å². The summed E-state index contributed by atoms with van der Waals surface area (Å²) in [5.41, 5.74) is 2.34. The number of rotatable bonds is 6. The summed E-state index contributed by atoms with van der Waals surface area (Å²) in [7, 11) is 0. The molecule has 27 heavy (non-hydrogen) atoms. The molecule has 142 valence electrons. The van der Waals surface area contributed by atoms with E-state index in [1.807, 2.05) is 41.3 Å². The third-order valence-corrected chi connectivity index (χ3v) is 5.29. The summed E-state index contributed by atoms with van der Waals surface area (Å²) in [5, 5.41) is 2.92. The van der Waals surface area contributed by atoms with Crippen molar-refractivity contribution in [1.82, 2.24) is 10.2 Å². The predicted octanol–water partition coefficient (Wildman–Crippen LogP) is 3.74. The standard InChI is InChI=1S/C23H28N2O2/c1-18(26)24-22(21-10-6-3-7-11-21)17-23(27)25-14-12-20(13-15-25)16-19-8-4-2-5-9-19/h2-11,20,22H,12-17H2,1H3,(H,24,26)/t22-/m0/s1. The van der Waals surface area contributed by atoms with Gasteiger partial charge in [-0.15, -0.1) is 0 Å². The van der Waals surface area contributed by atoms with Gasteiger partial charge in [0.15, 0.2) is 0 Å². The van der Waals surface area contributed by atoms with Crippen LogP contribution in [0.15, 0.2) is 60.7 Å². The van der Waals surface area contributed by atoms with Crippen LogP contribution in [0.4, 0.5) is 0 Å². The van der Waals surface area contributed by atoms with Gasteiger partial charge in [-0.1, -0.05) is 60.7 Å². The van der Waals surface area contributed by atoms with Crippen molar-refractivity contribution in [1.29, 1.82) is 0 Å². The second-order valence-electron chi connectivity index (χ2n) is 7.38. The van der Waals surface area contributed by atoms with Gasteiger partial charge in [0.25, 0.3) is 0 Å². The van der Waals surface area contributed by atoms with E-state index in [4.69, 9.17) is 0 Å². The first-order valence-corrected chi connectivity index (χ1v) is 9.75. The van der Waals surface area contributed by atoms with E-state index in [0.717, 1.165) is 37.9 Å². The molecule has 0 radical (unpaired) electrons. The molecule has 2 aromatic carbocycles. The van der Waals surface area contributed by atoms with E-state index >= 15 is 0 Å². The fourth-order valence-electron chi connectivity index (χ4n) is 3.82. The number of likely N-dealkylation sites (tertiary alicyclic amines) is 1. The van der Waals surface area contributed by atoms with Crippen molar-refractivity contribution in [3.8, 4) is 0 Å². The maximum atomic E-state index is 12.8. The number of nitrogens with zero attached hydrogens (tertiary/aromatic N) is 1. The Morgan fingerprint density at radius 1 is 1.00 bits per heavy atom. The van der Waals surface area contributed by atoms with Crippen LogP contribution in [0.5, 0.6) is 0 Å². The van der Waals surface area contributed by atoms with Gasteiger partial charge in [-0.05, 0) is 36.3 Å². The Labute approximate surface area is 161 Å². The van der Waals surface area contributed by atoms with Crippen LogP contribution in [0.3, 0.4) is 0 Å². The first-order valence-electron chi connectivity index (χ1n) is 9.75. The van der Waals surface area contributed by atoms with Gasteiger partial charge in [0.2, 0.25) is 11.8 Å². The zero-order valence-electron chi connectivity index (χ0n) is 15.9. The topological polar surface area (TPSA) is 49.4 Å². The summed E-state index contributed by atoms with van der Waals surface area (Å²) in [6.07, 6.45) is 3.47. The monoisotopic (exact) mass is 364 g/mol. The van der Waals surface area contributed by atoms with E-state index in [9.17, 15) is 9.59 Å². The normalized spacial score (nSPS) is 16.0. The van der Waals surface area contributed by atoms with E-state index in [1.54, 1.807) is 0 Å². The summed E-state index contributed by atoms with van der Waals surface area (Å²) in [6.45, 7) is 3.10. The zero-order chi connectivity index (χ0) is 19.1. The van der Waals surface area contributed by atoms with Gasteiger partial charge in [-0.25, -0.2) is 0 Å². The van der Waals surface area contributed by atoms with Crippen molar-refractivity contribution in [3.63, 3.8) is 0 Å². The third kappa shape index (κ3) is 5.68. The molecule has 1 N–H and O–H groups in total. The largest absolute Gasteiger partial charge is 0.349 e. The maximum Gasteiger partial charge on any atom is 0.224 e. The third-order valence-electron chi connectivity index (χ3n) is 5.29. The van der Waals surface area contributed by atoms with Crippen molar-refractivity contribution in [2.75, 3.05) is 13.1 Å². The quantitative estimate of drug-likeness (QED) is 0.849. The molecule has 0 bridgehead atoms. The lowest BCUT2D eigenvalue weighted by Gasteiger charge is -2.33. The molecule has 0 saturated carbocycles. The molecule has 1 atom stereocenters. The number of benzene rings is 2. The van der Waals surface area contributed by atoms with Crippen molar-refractivity contribution >= 4 is 11.8 Å². The molecule has 2 amide bonds. The Balaban J connectivity index is 1.54.